The number of hydrogen-bond acceptors (Lipinski definition) is 5. The number of halogens is 1. The number of nitrogens with zero attached hydrogens (tertiary/aromatic N) is 5. The lowest BCUT2D eigenvalue weighted by Gasteiger charge is -2.37. The van der Waals surface area contributed by atoms with Crippen LogP contribution in [0.3, 0.4) is 0 Å². The van der Waals surface area contributed by atoms with E-state index in [0.29, 0.717) is 30.7 Å². The van der Waals surface area contributed by atoms with Crippen molar-refractivity contribution in [1.29, 1.82) is 0 Å². The number of methoxy groups -OCH3 is 1. The fourth-order valence-electron chi connectivity index (χ4n) is 3.88. The van der Waals surface area contributed by atoms with Gasteiger partial charge < -0.3 is 19.9 Å². The molecule has 0 bridgehead atoms. The van der Waals surface area contributed by atoms with Crippen LogP contribution in [0, 0.1) is 19.7 Å². The Balaban J connectivity index is 1.54. The Bertz CT molecular complexity index is 1190. The standard InChI is InChI=1S/C25H28FN7OS/c1-17-16-18(2)28-23(27-17)30-24(31-25(35)29-21-6-4-5-7-22(21)34-3)33-14-12-32(13-15-33)20-10-8-19(26)9-11-20/h4-11,16H,12-15H2,1-3H3,(H2,27,28,29,30,31,35). The Labute approximate surface area is 209 Å². The fraction of sp³-hybridized carbons (Fsp3) is 0.280. The summed E-state index contributed by atoms with van der Waals surface area (Å²) in [5.74, 6) is 1.45. The first-order chi connectivity index (χ1) is 16.9. The first kappa shape index (κ1) is 24.3. The zero-order valence-electron chi connectivity index (χ0n) is 20.0. The predicted molar refractivity (Wildman–Crippen MR) is 142 cm³/mol. The van der Waals surface area contributed by atoms with Crippen LogP contribution in [0.5, 0.6) is 5.75 Å². The van der Waals surface area contributed by atoms with Gasteiger partial charge in [0.15, 0.2) is 0 Å². The molecule has 4 rings (SSSR count). The van der Waals surface area contributed by atoms with E-state index in [-0.39, 0.29) is 10.9 Å². The quantitative estimate of drug-likeness (QED) is 0.318. The lowest BCUT2D eigenvalue weighted by molar-refractivity contribution is 0.385. The Morgan fingerprint density at radius 2 is 1.63 bits per heavy atom. The number of aromatic nitrogens is 2. The molecule has 0 atom stereocenters. The van der Waals surface area contributed by atoms with E-state index in [4.69, 9.17) is 17.0 Å². The lowest BCUT2D eigenvalue weighted by Crippen LogP contribution is -2.51. The zero-order chi connectivity index (χ0) is 24.8. The van der Waals surface area contributed by atoms with Crippen molar-refractivity contribution in [2.75, 3.05) is 48.8 Å². The summed E-state index contributed by atoms with van der Waals surface area (Å²) >= 11 is 5.56. The number of thiocarbonyl (C=S) groups is 1. The van der Waals surface area contributed by atoms with Crippen LogP contribution >= 0.6 is 12.2 Å². The van der Waals surface area contributed by atoms with Gasteiger partial charge >= 0.3 is 0 Å². The van der Waals surface area contributed by atoms with Gasteiger partial charge in [-0.05, 0) is 68.5 Å². The third-order valence-corrected chi connectivity index (χ3v) is 5.73. The van der Waals surface area contributed by atoms with Crippen molar-refractivity contribution >= 4 is 40.6 Å². The SMILES string of the molecule is COc1ccccc1NC(=S)/N=C(/Nc1nc(C)cc(C)n1)N1CCN(c2ccc(F)cc2)CC1. The number of piperazine rings is 1. The molecule has 10 heteroatoms. The summed E-state index contributed by atoms with van der Waals surface area (Å²) in [6.45, 7) is 6.70. The van der Waals surface area contributed by atoms with Crippen molar-refractivity contribution in [3.63, 3.8) is 0 Å². The molecule has 1 aromatic heterocycles. The molecular weight excluding hydrogens is 465 g/mol. The largest absolute Gasteiger partial charge is 0.495 e. The molecule has 1 fully saturated rings. The van der Waals surface area contributed by atoms with E-state index in [0.717, 1.165) is 35.9 Å². The second-order valence-corrected chi connectivity index (χ2v) is 8.50. The molecule has 1 aliphatic heterocycles. The van der Waals surface area contributed by atoms with Crippen LogP contribution in [-0.4, -0.2) is 59.2 Å². The molecule has 8 nitrogen and oxygen atoms in total. The maximum absolute atomic E-state index is 13.3. The summed E-state index contributed by atoms with van der Waals surface area (Å²) < 4.78 is 18.7. The summed E-state index contributed by atoms with van der Waals surface area (Å²) in [6, 6.07) is 16.0. The van der Waals surface area contributed by atoms with Crippen molar-refractivity contribution < 1.29 is 9.13 Å². The number of para-hydroxylation sites is 2. The second-order valence-electron chi connectivity index (χ2n) is 8.12. The second kappa shape index (κ2) is 11.1. The number of benzene rings is 2. The maximum Gasteiger partial charge on any atom is 0.229 e. The Kier molecular flexibility index (Phi) is 7.71. The van der Waals surface area contributed by atoms with Gasteiger partial charge in [0.2, 0.25) is 17.0 Å². The van der Waals surface area contributed by atoms with Crippen molar-refractivity contribution in [2.45, 2.75) is 13.8 Å². The van der Waals surface area contributed by atoms with E-state index in [1.807, 2.05) is 44.2 Å². The van der Waals surface area contributed by atoms with E-state index in [1.165, 1.54) is 12.1 Å². The summed E-state index contributed by atoms with van der Waals surface area (Å²) in [5.41, 5.74) is 3.43. The van der Waals surface area contributed by atoms with Crippen LogP contribution in [-0.2, 0) is 0 Å². The molecule has 0 radical (unpaired) electrons. The molecule has 0 spiro atoms. The van der Waals surface area contributed by atoms with Gasteiger partial charge in [0.1, 0.15) is 11.6 Å². The highest BCUT2D eigenvalue weighted by Crippen LogP contribution is 2.23. The predicted octanol–water partition coefficient (Wildman–Crippen LogP) is 4.23. The molecule has 2 N–H and O–H groups in total. The van der Waals surface area contributed by atoms with Crippen molar-refractivity contribution in [3.05, 3.63) is 71.8 Å². The molecule has 0 unspecified atom stereocenters. The van der Waals surface area contributed by atoms with Crippen LogP contribution in [0.25, 0.3) is 0 Å². The third-order valence-electron chi connectivity index (χ3n) is 5.53. The van der Waals surface area contributed by atoms with E-state index in [9.17, 15) is 4.39 Å². The zero-order valence-corrected chi connectivity index (χ0v) is 20.8. The molecule has 0 saturated carbocycles. The molecule has 1 saturated heterocycles. The summed E-state index contributed by atoms with van der Waals surface area (Å²) in [5, 5.41) is 6.69. The van der Waals surface area contributed by atoms with Crippen LogP contribution in [0.15, 0.2) is 59.6 Å². The van der Waals surface area contributed by atoms with Gasteiger partial charge in [-0.3, -0.25) is 5.32 Å². The van der Waals surface area contributed by atoms with Crippen molar-refractivity contribution in [2.24, 2.45) is 4.99 Å². The van der Waals surface area contributed by atoms with Crippen LogP contribution in [0.2, 0.25) is 0 Å². The number of anilines is 3. The molecule has 0 amide bonds. The number of ether oxygens (including phenoxy) is 1. The first-order valence-electron chi connectivity index (χ1n) is 11.3. The number of aryl methyl sites for hydroxylation is 2. The van der Waals surface area contributed by atoms with Gasteiger partial charge in [-0.1, -0.05) is 12.1 Å². The average molecular weight is 494 g/mol. The molecule has 2 aromatic carbocycles. The molecule has 1 aliphatic rings. The molecular formula is C25H28FN7OS. The van der Waals surface area contributed by atoms with Gasteiger partial charge in [0.25, 0.3) is 0 Å². The Hall–Kier alpha value is -3.79. The third kappa shape index (κ3) is 6.42. The van der Waals surface area contributed by atoms with E-state index < -0.39 is 0 Å². The minimum Gasteiger partial charge on any atom is -0.495 e. The highest BCUT2D eigenvalue weighted by molar-refractivity contribution is 7.80. The number of guanidine groups is 1. The highest BCUT2D eigenvalue weighted by Gasteiger charge is 2.22. The van der Waals surface area contributed by atoms with E-state index >= 15 is 0 Å². The summed E-state index contributed by atoms with van der Waals surface area (Å²) in [4.78, 5) is 18.0. The van der Waals surface area contributed by atoms with Crippen LogP contribution in [0.1, 0.15) is 11.4 Å². The summed E-state index contributed by atoms with van der Waals surface area (Å²) in [6.07, 6.45) is 0. The lowest BCUT2D eigenvalue weighted by atomic mass is 10.2. The number of aliphatic imine (C=N–C) groups is 1. The first-order valence-corrected chi connectivity index (χ1v) is 11.7. The highest BCUT2D eigenvalue weighted by atomic mass is 32.1. The molecule has 182 valence electrons. The van der Waals surface area contributed by atoms with Gasteiger partial charge in [-0.25, -0.2) is 14.4 Å². The van der Waals surface area contributed by atoms with Gasteiger partial charge in [-0.2, -0.15) is 4.99 Å². The minimum absolute atomic E-state index is 0.240. The fourth-order valence-corrected chi connectivity index (χ4v) is 4.07. The smallest absolute Gasteiger partial charge is 0.229 e. The van der Waals surface area contributed by atoms with Crippen molar-refractivity contribution in [3.8, 4) is 5.75 Å². The van der Waals surface area contributed by atoms with Crippen LogP contribution in [0.4, 0.5) is 21.7 Å². The monoisotopic (exact) mass is 493 g/mol. The van der Waals surface area contributed by atoms with E-state index in [2.05, 4.69) is 35.4 Å². The Morgan fingerprint density at radius 1 is 0.971 bits per heavy atom. The average Bonchev–Trinajstić information content (AvgIpc) is 2.84. The van der Waals surface area contributed by atoms with Crippen LogP contribution < -0.4 is 20.3 Å². The molecule has 0 aliphatic carbocycles. The summed E-state index contributed by atoms with van der Waals surface area (Å²) in [7, 11) is 1.61. The van der Waals surface area contributed by atoms with Crippen molar-refractivity contribution in [1.82, 2.24) is 14.9 Å². The van der Waals surface area contributed by atoms with Gasteiger partial charge in [0.05, 0.1) is 12.8 Å². The Morgan fingerprint density at radius 3 is 2.29 bits per heavy atom. The number of hydrogen-bond donors (Lipinski definition) is 2. The van der Waals surface area contributed by atoms with E-state index in [1.54, 1.807) is 19.2 Å². The molecule has 35 heavy (non-hydrogen) atoms. The number of nitrogens with one attached hydrogen (secondary N) is 2. The van der Waals surface area contributed by atoms with Gasteiger partial charge in [0, 0.05) is 43.3 Å². The minimum atomic E-state index is -0.240. The number of rotatable bonds is 4. The van der Waals surface area contributed by atoms with Gasteiger partial charge in [-0.15, -0.1) is 0 Å². The molecule has 3 aromatic rings. The maximum atomic E-state index is 13.3. The normalized spacial score (nSPS) is 14.0. The molecule has 2 heterocycles. The topological polar surface area (TPSA) is 77.9 Å².